The Hall–Kier alpha value is -1.43. The van der Waals surface area contributed by atoms with E-state index in [0.717, 1.165) is 12.8 Å². The van der Waals surface area contributed by atoms with Gasteiger partial charge in [0.2, 0.25) is 5.70 Å². The molecule has 0 amide bonds. The van der Waals surface area contributed by atoms with E-state index in [0.29, 0.717) is 6.61 Å². The van der Waals surface area contributed by atoms with Crippen molar-refractivity contribution in [1.29, 1.82) is 5.53 Å². The van der Waals surface area contributed by atoms with E-state index in [1.807, 2.05) is 6.92 Å². The quantitative estimate of drug-likeness (QED) is 0.220. The van der Waals surface area contributed by atoms with E-state index in [4.69, 9.17) is 10.3 Å². The number of nitrogens with zero attached hydrogens (tertiary/aromatic N) is 1. The van der Waals surface area contributed by atoms with Crippen LogP contribution in [0.1, 0.15) is 26.7 Å². The maximum Gasteiger partial charge on any atom is 0.362 e. The Kier molecular flexibility index (Phi) is 8.05. The van der Waals surface area contributed by atoms with Crippen molar-refractivity contribution in [3.63, 3.8) is 0 Å². The minimum atomic E-state index is -0.811. The summed E-state index contributed by atoms with van der Waals surface area (Å²) in [6.07, 6.45) is 1.86. The van der Waals surface area contributed by atoms with Crippen LogP contribution < -0.4 is 0 Å². The first-order chi connectivity index (χ1) is 7.67. The number of ether oxygens (including phenoxy) is 2. The first-order valence-electron chi connectivity index (χ1n) is 5.21. The van der Waals surface area contributed by atoms with Gasteiger partial charge in [0.05, 0.1) is 6.61 Å². The summed E-state index contributed by atoms with van der Waals surface area (Å²) in [6, 6.07) is 0. The molecule has 0 unspecified atom stereocenters. The van der Waals surface area contributed by atoms with Crippen molar-refractivity contribution in [2.24, 2.45) is 5.11 Å². The highest BCUT2D eigenvalue weighted by Crippen LogP contribution is 2.06. The fourth-order valence-electron chi connectivity index (χ4n) is 0.911. The van der Waals surface area contributed by atoms with E-state index in [1.165, 1.54) is 0 Å². The lowest BCUT2D eigenvalue weighted by Crippen LogP contribution is -2.11. The standard InChI is InChI=1S/C10H18N2O4/c1-3-5-6-15-7-8(13)9(12-11)10(14)16-4-2/h11,13H,3-7H2,1-2H3. The normalized spacial score (nSPS) is 11.9. The number of aliphatic hydroxyl groups excluding tert-OH is 1. The molecule has 0 aliphatic heterocycles. The van der Waals surface area contributed by atoms with Crippen LogP contribution in [0.25, 0.3) is 0 Å². The molecular weight excluding hydrogens is 212 g/mol. The molecule has 0 aromatic heterocycles. The van der Waals surface area contributed by atoms with Gasteiger partial charge in [-0.1, -0.05) is 13.3 Å². The number of carbonyl (C=O) groups is 1. The zero-order valence-electron chi connectivity index (χ0n) is 9.65. The molecule has 6 nitrogen and oxygen atoms in total. The van der Waals surface area contributed by atoms with Crippen molar-refractivity contribution in [3.05, 3.63) is 11.5 Å². The molecule has 92 valence electrons. The Morgan fingerprint density at radius 3 is 2.62 bits per heavy atom. The second-order valence-electron chi connectivity index (χ2n) is 3.03. The molecule has 0 fully saturated rings. The molecule has 0 saturated carbocycles. The van der Waals surface area contributed by atoms with Gasteiger partial charge in [-0.3, -0.25) is 0 Å². The third-order valence-corrected chi connectivity index (χ3v) is 1.73. The van der Waals surface area contributed by atoms with Gasteiger partial charge in [0.15, 0.2) is 5.76 Å². The van der Waals surface area contributed by atoms with E-state index in [2.05, 4.69) is 9.85 Å². The smallest absolute Gasteiger partial charge is 0.362 e. The fourth-order valence-corrected chi connectivity index (χ4v) is 0.911. The molecule has 16 heavy (non-hydrogen) atoms. The van der Waals surface area contributed by atoms with Crippen LogP contribution in [0, 0.1) is 5.53 Å². The van der Waals surface area contributed by atoms with Gasteiger partial charge in [0, 0.05) is 6.61 Å². The summed E-state index contributed by atoms with van der Waals surface area (Å²) in [5, 5.41) is 12.4. The molecule has 0 rings (SSSR count). The molecule has 0 aromatic rings. The first kappa shape index (κ1) is 14.6. The van der Waals surface area contributed by atoms with Gasteiger partial charge in [-0.2, -0.15) is 0 Å². The zero-order valence-corrected chi connectivity index (χ0v) is 9.65. The maximum atomic E-state index is 11.2. The van der Waals surface area contributed by atoms with Crippen LogP contribution in [0.2, 0.25) is 0 Å². The van der Waals surface area contributed by atoms with Crippen molar-refractivity contribution in [3.8, 4) is 0 Å². The Balaban J connectivity index is 4.26. The third kappa shape index (κ3) is 5.45. The SMILES string of the molecule is CCCCOCC(O)=C(N=N)C(=O)OCC. The molecule has 0 aliphatic rings. The zero-order chi connectivity index (χ0) is 12.4. The topological polar surface area (TPSA) is 92.0 Å². The monoisotopic (exact) mass is 230 g/mol. The average Bonchev–Trinajstić information content (AvgIpc) is 2.26. The highest BCUT2D eigenvalue weighted by atomic mass is 16.5. The van der Waals surface area contributed by atoms with Gasteiger partial charge in [-0.05, 0) is 13.3 Å². The minimum absolute atomic E-state index is 0.128. The Labute approximate surface area is 94.8 Å². The molecule has 2 N–H and O–H groups in total. The van der Waals surface area contributed by atoms with Crippen molar-refractivity contribution in [2.45, 2.75) is 26.7 Å². The molecule has 0 aromatic carbocycles. The number of aliphatic hydroxyl groups is 1. The Bertz CT molecular complexity index is 264. The predicted molar refractivity (Wildman–Crippen MR) is 57.2 cm³/mol. The number of carbonyl (C=O) groups excluding carboxylic acids is 1. The largest absolute Gasteiger partial charge is 0.507 e. The van der Waals surface area contributed by atoms with Gasteiger partial charge in [0.25, 0.3) is 0 Å². The second-order valence-corrected chi connectivity index (χ2v) is 3.03. The summed E-state index contributed by atoms with van der Waals surface area (Å²) >= 11 is 0. The number of esters is 1. The van der Waals surface area contributed by atoms with Crippen LogP contribution in [0.3, 0.4) is 0 Å². The lowest BCUT2D eigenvalue weighted by atomic mass is 10.3. The van der Waals surface area contributed by atoms with Gasteiger partial charge < -0.3 is 14.6 Å². The van der Waals surface area contributed by atoms with Crippen molar-refractivity contribution in [2.75, 3.05) is 19.8 Å². The predicted octanol–water partition coefficient (Wildman–Crippen LogP) is 2.17. The lowest BCUT2D eigenvalue weighted by molar-refractivity contribution is -0.138. The average molecular weight is 230 g/mol. The molecule has 6 heteroatoms. The summed E-state index contributed by atoms with van der Waals surface area (Å²) in [7, 11) is 0. The van der Waals surface area contributed by atoms with E-state index in [-0.39, 0.29) is 19.0 Å². The summed E-state index contributed by atoms with van der Waals surface area (Å²) in [6.45, 7) is 4.18. The van der Waals surface area contributed by atoms with Crippen LogP contribution >= 0.6 is 0 Å². The van der Waals surface area contributed by atoms with E-state index >= 15 is 0 Å². The molecular formula is C10H18N2O4. The van der Waals surface area contributed by atoms with Crippen LogP contribution in [-0.2, 0) is 14.3 Å². The van der Waals surface area contributed by atoms with E-state index in [9.17, 15) is 9.90 Å². The molecule has 0 saturated heterocycles. The van der Waals surface area contributed by atoms with Gasteiger partial charge in [0.1, 0.15) is 6.61 Å². The van der Waals surface area contributed by atoms with Gasteiger partial charge in [-0.25, -0.2) is 10.3 Å². The summed E-state index contributed by atoms with van der Waals surface area (Å²) in [5.41, 5.74) is 6.36. The number of hydrogen-bond acceptors (Lipinski definition) is 6. The Morgan fingerprint density at radius 1 is 1.44 bits per heavy atom. The van der Waals surface area contributed by atoms with Gasteiger partial charge >= 0.3 is 5.97 Å². The van der Waals surface area contributed by atoms with Crippen molar-refractivity contribution >= 4 is 5.97 Å². The second kappa shape index (κ2) is 8.84. The molecule has 0 atom stereocenters. The summed E-state index contributed by atoms with van der Waals surface area (Å²) in [5.74, 6) is -1.18. The van der Waals surface area contributed by atoms with E-state index < -0.39 is 11.7 Å². The number of unbranched alkanes of at least 4 members (excludes halogenated alkanes) is 1. The van der Waals surface area contributed by atoms with Crippen LogP contribution in [-0.4, -0.2) is 30.9 Å². The highest BCUT2D eigenvalue weighted by Gasteiger charge is 2.15. The van der Waals surface area contributed by atoms with E-state index in [1.54, 1.807) is 6.92 Å². The maximum absolute atomic E-state index is 11.2. The van der Waals surface area contributed by atoms with Crippen LogP contribution in [0.15, 0.2) is 16.6 Å². The fraction of sp³-hybridized carbons (Fsp3) is 0.700. The molecule has 0 bridgehead atoms. The summed E-state index contributed by atoms with van der Waals surface area (Å²) in [4.78, 5) is 11.2. The minimum Gasteiger partial charge on any atom is -0.507 e. The van der Waals surface area contributed by atoms with Crippen molar-refractivity contribution < 1.29 is 19.4 Å². The number of nitrogens with one attached hydrogen (secondary N) is 1. The molecule has 0 heterocycles. The molecule has 0 radical (unpaired) electrons. The summed E-state index contributed by atoms with van der Waals surface area (Å²) < 4.78 is 9.71. The molecule has 0 spiro atoms. The molecule has 0 aliphatic carbocycles. The lowest BCUT2D eigenvalue weighted by Gasteiger charge is -2.05. The first-order valence-corrected chi connectivity index (χ1v) is 5.21. The third-order valence-electron chi connectivity index (χ3n) is 1.73. The van der Waals surface area contributed by atoms with Gasteiger partial charge in [-0.15, -0.1) is 5.11 Å². The Morgan fingerprint density at radius 2 is 2.12 bits per heavy atom. The van der Waals surface area contributed by atoms with Crippen LogP contribution in [0.4, 0.5) is 0 Å². The number of hydrogen-bond donors (Lipinski definition) is 2. The van der Waals surface area contributed by atoms with Crippen molar-refractivity contribution in [1.82, 2.24) is 0 Å². The van der Waals surface area contributed by atoms with Crippen LogP contribution in [0.5, 0.6) is 0 Å². The number of rotatable bonds is 8. The highest BCUT2D eigenvalue weighted by molar-refractivity contribution is 5.88.